The summed E-state index contributed by atoms with van der Waals surface area (Å²) in [5, 5.41) is 3.35. The monoisotopic (exact) mass is 169 g/mol. The van der Waals surface area contributed by atoms with Crippen LogP contribution < -0.4 is 5.32 Å². The lowest BCUT2D eigenvalue weighted by atomic mass is 10.0. The molecule has 1 aliphatic rings. The van der Waals surface area contributed by atoms with E-state index in [-0.39, 0.29) is 0 Å². The van der Waals surface area contributed by atoms with Gasteiger partial charge in [-0.3, -0.25) is 0 Å². The van der Waals surface area contributed by atoms with Crippen molar-refractivity contribution >= 4 is 0 Å². The van der Waals surface area contributed by atoms with Crippen LogP contribution in [0.15, 0.2) is 11.6 Å². The summed E-state index contributed by atoms with van der Waals surface area (Å²) in [6.07, 6.45) is 7.22. The van der Waals surface area contributed by atoms with Gasteiger partial charge >= 0.3 is 0 Å². The minimum absolute atomic E-state index is 0.891. The third-order valence-electron chi connectivity index (χ3n) is 2.23. The van der Waals surface area contributed by atoms with Crippen molar-refractivity contribution in [3.05, 3.63) is 11.6 Å². The van der Waals surface area contributed by atoms with Gasteiger partial charge in [0.05, 0.1) is 0 Å². The van der Waals surface area contributed by atoms with Gasteiger partial charge in [-0.2, -0.15) is 0 Å². The lowest BCUT2D eigenvalue weighted by Crippen LogP contribution is -2.23. The molecule has 1 fully saturated rings. The topological polar surface area (TPSA) is 21.3 Å². The Morgan fingerprint density at radius 1 is 1.42 bits per heavy atom. The summed E-state index contributed by atoms with van der Waals surface area (Å²) in [6, 6.07) is 0. The molecule has 0 aromatic heterocycles. The van der Waals surface area contributed by atoms with E-state index >= 15 is 0 Å². The van der Waals surface area contributed by atoms with E-state index in [1.807, 2.05) is 0 Å². The van der Waals surface area contributed by atoms with Crippen LogP contribution in [0, 0.1) is 0 Å². The molecule has 0 aliphatic carbocycles. The molecule has 2 heteroatoms. The van der Waals surface area contributed by atoms with Gasteiger partial charge in [0, 0.05) is 13.7 Å². The lowest BCUT2D eigenvalue weighted by Gasteiger charge is -2.14. The van der Waals surface area contributed by atoms with Crippen molar-refractivity contribution in [3.63, 3.8) is 0 Å². The number of unbranched alkanes of at least 4 members (excludes halogenated alkanes) is 1. The minimum atomic E-state index is 0.891. The summed E-state index contributed by atoms with van der Waals surface area (Å²) in [5.41, 5.74) is 1.63. The number of nitrogens with one attached hydrogen (secondary N) is 1. The molecular formula is C10H19NO. The van der Waals surface area contributed by atoms with Crippen LogP contribution in [-0.4, -0.2) is 26.8 Å². The largest absolute Gasteiger partial charge is 0.385 e. The molecule has 12 heavy (non-hydrogen) atoms. The second-order valence-corrected chi connectivity index (χ2v) is 3.25. The van der Waals surface area contributed by atoms with E-state index in [2.05, 4.69) is 11.4 Å². The molecule has 0 radical (unpaired) electrons. The van der Waals surface area contributed by atoms with Crippen molar-refractivity contribution in [2.75, 3.05) is 26.8 Å². The highest BCUT2D eigenvalue weighted by Gasteiger charge is 2.02. The molecule has 0 atom stereocenters. The SMILES string of the molecule is COCCCC=C1CCNCC1. The molecule has 1 aliphatic heterocycles. The molecule has 0 amide bonds. The van der Waals surface area contributed by atoms with E-state index in [4.69, 9.17) is 4.74 Å². The highest BCUT2D eigenvalue weighted by Crippen LogP contribution is 2.11. The summed E-state index contributed by atoms with van der Waals surface area (Å²) in [7, 11) is 1.76. The van der Waals surface area contributed by atoms with Gasteiger partial charge in [-0.05, 0) is 38.8 Å². The molecule has 2 nitrogen and oxygen atoms in total. The Balaban J connectivity index is 2.08. The van der Waals surface area contributed by atoms with E-state index < -0.39 is 0 Å². The van der Waals surface area contributed by atoms with E-state index in [0.29, 0.717) is 0 Å². The molecule has 1 N–H and O–H groups in total. The number of methoxy groups -OCH3 is 1. The fourth-order valence-corrected chi connectivity index (χ4v) is 1.49. The molecule has 0 saturated carbocycles. The van der Waals surface area contributed by atoms with Crippen molar-refractivity contribution in [2.45, 2.75) is 25.7 Å². The molecule has 1 saturated heterocycles. The zero-order chi connectivity index (χ0) is 8.65. The van der Waals surface area contributed by atoms with Crippen molar-refractivity contribution in [3.8, 4) is 0 Å². The van der Waals surface area contributed by atoms with Gasteiger partial charge in [0.15, 0.2) is 0 Å². The van der Waals surface area contributed by atoms with E-state index in [0.717, 1.165) is 26.1 Å². The Labute approximate surface area is 75.0 Å². The van der Waals surface area contributed by atoms with Gasteiger partial charge in [0.2, 0.25) is 0 Å². The Hall–Kier alpha value is -0.340. The number of piperidine rings is 1. The number of allylic oxidation sites excluding steroid dienone is 1. The fraction of sp³-hybridized carbons (Fsp3) is 0.800. The second-order valence-electron chi connectivity index (χ2n) is 3.25. The Kier molecular flexibility index (Phi) is 5.04. The first-order valence-corrected chi connectivity index (χ1v) is 4.81. The Morgan fingerprint density at radius 2 is 2.17 bits per heavy atom. The molecule has 0 bridgehead atoms. The van der Waals surface area contributed by atoms with E-state index in [9.17, 15) is 0 Å². The standard InChI is InChI=1S/C10H19NO/c1-12-9-3-2-4-10-5-7-11-8-6-10/h4,11H,2-3,5-9H2,1H3. The van der Waals surface area contributed by atoms with E-state index in [1.165, 1.54) is 19.3 Å². The highest BCUT2D eigenvalue weighted by atomic mass is 16.5. The number of rotatable bonds is 4. The van der Waals surface area contributed by atoms with Crippen LogP contribution >= 0.6 is 0 Å². The van der Waals surface area contributed by atoms with Crippen LogP contribution in [0.25, 0.3) is 0 Å². The zero-order valence-electron chi connectivity index (χ0n) is 7.94. The maximum Gasteiger partial charge on any atom is 0.0465 e. The van der Waals surface area contributed by atoms with Gasteiger partial charge in [-0.25, -0.2) is 0 Å². The number of hydrogen-bond donors (Lipinski definition) is 1. The van der Waals surface area contributed by atoms with Crippen LogP contribution in [0.2, 0.25) is 0 Å². The fourth-order valence-electron chi connectivity index (χ4n) is 1.49. The number of hydrogen-bond acceptors (Lipinski definition) is 2. The first kappa shape index (κ1) is 9.75. The Bertz CT molecular complexity index is 135. The van der Waals surface area contributed by atoms with Crippen molar-refractivity contribution in [1.82, 2.24) is 5.32 Å². The predicted molar refractivity (Wildman–Crippen MR) is 51.3 cm³/mol. The molecule has 0 aromatic carbocycles. The van der Waals surface area contributed by atoms with Crippen molar-refractivity contribution in [2.24, 2.45) is 0 Å². The first-order chi connectivity index (χ1) is 5.93. The van der Waals surface area contributed by atoms with Gasteiger partial charge < -0.3 is 10.1 Å². The molecule has 0 aromatic rings. The second kappa shape index (κ2) is 6.21. The summed E-state index contributed by atoms with van der Waals surface area (Å²) in [4.78, 5) is 0. The smallest absolute Gasteiger partial charge is 0.0465 e. The van der Waals surface area contributed by atoms with Gasteiger partial charge in [0.25, 0.3) is 0 Å². The first-order valence-electron chi connectivity index (χ1n) is 4.81. The Morgan fingerprint density at radius 3 is 2.83 bits per heavy atom. The molecule has 70 valence electrons. The van der Waals surface area contributed by atoms with E-state index in [1.54, 1.807) is 12.7 Å². The van der Waals surface area contributed by atoms with Crippen molar-refractivity contribution in [1.29, 1.82) is 0 Å². The average Bonchev–Trinajstić information content (AvgIpc) is 2.14. The minimum Gasteiger partial charge on any atom is -0.385 e. The summed E-state index contributed by atoms with van der Waals surface area (Å²) >= 11 is 0. The van der Waals surface area contributed by atoms with Crippen LogP contribution in [0.3, 0.4) is 0 Å². The van der Waals surface area contributed by atoms with Crippen LogP contribution in [0.5, 0.6) is 0 Å². The molecule has 0 unspecified atom stereocenters. The number of ether oxygens (including phenoxy) is 1. The van der Waals surface area contributed by atoms with Gasteiger partial charge in [0.1, 0.15) is 0 Å². The summed E-state index contributed by atoms with van der Waals surface area (Å²) < 4.78 is 4.99. The van der Waals surface area contributed by atoms with Crippen LogP contribution in [0.1, 0.15) is 25.7 Å². The van der Waals surface area contributed by atoms with Gasteiger partial charge in [-0.15, -0.1) is 0 Å². The third-order valence-corrected chi connectivity index (χ3v) is 2.23. The van der Waals surface area contributed by atoms with Crippen molar-refractivity contribution < 1.29 is 4.74 Å². The maximum absolute atomic E-state index is 4.99. The molecule has 1 rings (SSSR count). The van der Waals surface area contributed by atoms with Gasteiger partial charge in [-0.1, -0.05) is 11.6 Å². The normalized spacial score (nSPS) is 17.9. The predicted octanol–water partition coefficient (Wildman–Crippen LogP) is 1.72. The molecule has 0 spiro atoms. The van der Waals surface area contributed by atoms with Crippen LogP contribution in [-0.2, 0) is 4.74 Å². The summed E-state index contributed by atoms with van der Waals surface area (Å²) in [5.74, 6) is 0. The third kappa shape index (κ3) is 3.88. The average molecular weight is 169 g/mol. The highest BCUT2D eigenvalue weighted by molar-refractivity contribution is 5.05. The summed E-state index contributed by atoms with van der Waals surface area (Å²) in [6.45, 7) is 3.22. The lowest BCUT2D eigenvalue weighted by molar-refractivity contribution is 0.195. The molecular weight excluding hydrogens is 150 g/mol. The van der Waals surface area contributed by atoms with Crippen LogP contribution in [0.4, 0.5) is 0 Å². The maximum atomic E-state index is 4.99. The molecule has 1 heterocycles. The zero-order valence-corrected chi connectivity index (χ0v) is 7.94. The quantitative estimate of drug-likeness (QED) is 0.511.